The number of benzene rings is 2. The Hall–Kier alpha value is -2.97. The van der Waals surface area contributed by atoms with Crippen LogP contribution < -0.4 is 9.54 Å². The lowest BCUT2D eigenvalue weighted by Gasteiger charge is -2.06. The summed E-state index contributed by atoms with van der Waals surface area (Å²) in [6.07, 6.45) is 0. The average molecular weight is 414 g/mol. The van der Waals surface area contributed by atoms with Crippen LogP contribution in [0.25, 0.3) is 10.2 Å². The van der Waals surface area contributed by atoms with E-state index in [9.17, 15) is 9.59 Å². The molecule has 3 rings (SSSR count). The van der Waals surface area contributed by atoms with Gasteiger partial charge in [0.25, 0.3) is 5.91 Å². The van der Waals surface area contributed by atoms with Crippen molar-refractivity contribution in [1.29, 1.82) is 0 Å². The van der Waals surface area contributed by atoms with Crippen molar-refractivity contribution in [3.05, 3.63) is 58.4 Å². The predicted molar refractivity (Wildman–Crippen MR) is 111 cm³/mol. The standard InChI is InChI=1S/C21H22N2O5S/c1-4-28-12-11-23-17-10-7-15(20(25)27-3)13-18(17)29-21(23)22-19(24)14-5-8-16(26-2)9-6-14/h5-10,13H,4,11-12H2,1-3H3. The number of rotatable bonds is 7. The summed E-state index contributed by atoms with van der Waals surface area (Å²) in [4.78, 5) is 29.4. The van der Waals surface area contributed by atoms with E-state index in [2.05, 4.69) is 4.99 Å². The number of thiazole rings is 1. The molecule has 3 aromatic rings. The zero-order chi connectivity index (χ0) is 20.8. The van der Waals surface area contributed by atoms with Gasteiger partial charge in [0.15, 0.2) is 4.80 Å². The van der Waals surface area contributed by atoms with Crippen LogP contribution in [0.2, 0.25) is 0 Å². The second kappa shape index (κ2) is 9.49. The number of carbonyl (C=O) groups excluding carboxylic acids is 2. The number of esters is 1. The Bertz CT molecular complexity index is 1080. The molecular formula is C21H22N2O5S. The normalized spacial score (nSPS) is 11.6. The lowest BCUT2D eigenvalue weighted by molar-refractivity contribution is 0.0600. The van der Waals surface area contributed by atoms with Crippen molar-refractivity contribution in [2.45, 2.75) is 13.5 Å². The second-order valence-corrected chi connectivity index (χ2v) is 7.06. The van der Waals surface area contributed by atoms with Crippen LogP contribution in [0, 0.1) is 0 Å². The van der Waals surface area contributed by atoms with Gasteiger partial charge in [0.05, 0.1) is 36.6 Å². The quantitative estimate of drug-likeness (QED) is 0.438. The van der Waals surface area contributed by atoms with Crippen LogP contribution in [0.3, 0.4) is 0 Å². The van der Waals surface area contributed by atoms with Gasteiger partial charge in [0.2, 0.25) is 0 Å². The number of carbonyl (C=O) groups is 2. The highest BCUT2D eigenvalue weighted by Crippen LogP contribution is 2.20. The molecule has 0 radical (unpaired) electrons. The number of amides is 1. The van der Waals surface area contributed by atoms with Gasteiger partial charge >= 0.3 is 5.97 Å². The number of aromatic nitrogens is 1. The van der Waals surface area contributed by atoms with Crippen LogP contribution in [-0.4, -0.2) is 43.9 Å². The summed E-state index contributed by atoms with van der Waals surface area (Å²) in [5.41, 5.74) is 1.80. The van der Waals surface area contributed by atoms with Gasteiger partial charge in [-0.1, -0.05) is 11.3 Å². The molecule has 29 heavy (non-hydrogen) atoms. The van der Waals surface area contributed by atoms with Gasteiger partial charge in [0, 0.05) is 18.7 Å². The topological polar surface area (TPSA) is 79.1 Å². The Kier molecular flexibility index (Phi) is 6.79. The summed E-state index contributed by atoms with van der Waals surface area (Å²) in [6, 6.07) is 12.1. The van der Waals surface area contributed by atoms with Crippen molar-refractivity contribution < 1.29 is 23.8 Å². The molecule has 0 aliphatic carbocycles. The van der Waals surface area contributed by atoms with E-state index in [-0.39, 0.29) is 5.91 Å². The van der Waals surface area contributed by atoms with E-state index in [0.717, 1.165) is 10.2 Å². The molecule has 7 nitrogen and oxygen atoms in total. The maximum absolute atomic E-state index is 12.7. The lowest BCUT2D eigenvalue weighted by Crippen LogP contribution is -2.19. The maximum Gasteiger partial charge on any atom is 0.337 e. The Morgan fingerprint density at radius 2 is 1.79 bits per heavy atom. The van der Waals surface area contributed by atoms with Gasteiger partial charge < -0.3 is 18.8 Å². The number of hydrogen-bond acceptors (Lipinski definition) is 6. The van der Waals surface area contributed by atoms with Gasteiger partial charge in [-0.05, 0) is 49.4 Å². The first-order valence-corrected chi connectivity index (χ1v) is 9.91. The van der Waals surface area contributed by atoms with Crippen LogP contribution in [0.4, 0.5) is 0 Å². The second-order valence-electron chi connectivity index (χ2n) is 6.05. The van der Waals surface area contributed by atoms with Crippen molar-refractivity contribution in [3.63, 3.8) is 0 Å². The monoisotopic (exact) mass is 414 g/mol. The Morgan fingerprint density at radius 1 is 1.07 bits per heavy atom. The molecule has 0 atom stereocenters. The Labute approximate surface area is 172 Å². The lowest BCUT2D eigenvalue weighted by atomic mass is 10.2. The summed E-state index contributed by atoms with van der Waals surface area (Å²) in [7, 11) is 2.92. The number of methoxy groups -OCH3 is 2. The SMILES string of the molecule is CCOCCn1c(=NC(=O)c2ccc(OC)cc2)sc2cc(C(=O)OC)ccc21. The molecule has 0 aliphatic heterocycles. The summed E-state index contributed by atoms with van der Waals surface area (Å²) < 4.78 is 18.2. The molecule has 8 heteroatoms. The molecule has 2 aromatic carbocycles. The van der Waals surface area contributed by atoms with Crippen molar-refractivity contribution in [2.75, 3.05) is 27.4 Å². The molecule has 0 saturated heterocycles. The first-order chi connectivity index (χ1) is 14.1. The van der Waals surface area contributed by atoms with E-state index in [1.54, 1.807) is 43.5 Å². The van der Waals surface area contributed by atoms with Crippen LogP contribution in [0.1, 0.15) is 27.6 Å². The Morgan fingerprint density at radius 3 is 2.45 bits per heavy atom. The maximum atomic E-state index is 12.7. The number of fused-ring (bicyclic) bond motifs is 1. The molecule has 152 valence electrons. The predicted octanol–water partition coefficient (Wildman–Crippen LogP) is 3.28. The summed E-state index contributed by atoms with van der Waals surface area (Å²) >= 11 is 1.34. The van der Waals surface area contributed by atoms with Crippen molar-refractivity contribution in [3.8, 4) is 5.75 Å². The largest absolute Gasteiger partial charge is 0.497 e. The summed E-state index contributed by atoms with van der Waals surface area (Å²) in [6.45, 7) is 3.56. The highest BCUT2D eigenvalue weighted by molar-refractivity contribution is 7.16. The third kappa shape index (κ3) is 4.72. The minimum Gasteiger partial charge on any atom is -0.497 e. The first-order valence-electron chi connectivity index (χ1n) is 9.10. The third-order valence-electron chi connectivity index (χ3n) is 4.30. The summed E-state index contributed by atoms with van der Waals surface area (Å²) in [5.74, 6) is -0.0861. The summed E-state index contributed by atoms with van der Waals surface area (Å²) in [5, 5.41) is 0. The van der Waals surface area contributed by atoms with E-state index in [0.29, 0.717) is 41.4 Å². The highest BCUT2D eigenvalue weighted by atomic mass is 32.1. The van der Waals surface area contributed by atoms with E-state index in [1.165, 1.54) is 18.4 Å². The van der Waals surface area contributed by atoms with E-state index >= 15 is 0 Å². The van der Waals surface area contributed by atoms with Crippen LogP contribution in [-0.2, 0) is 16.0 Å². The van der Waals surface area contributed by atoms with Crippen LogP contribution in [0.5, 0.6) is 5.75 Å². The highest BCUT2D eigenvalue weighted by Gasteiger charge is 2.13. The van der Waals surface area contributed by atoms with E-state index < -0.39 is 5.97 Å². The molecule has 0 fully saturated rings. The molecule has 0 N–H and O–H groups in total. The van der Waals surface area contributed by atoms with Crippen LogP contribution in [0.15, 0.2) is 47.5 Å². The third-order valence-corrected chi connectivity index (χ3v) is 5.34. The first kappa shape index (κ1) is 20.8. The average Bonchev–Trinajstić information content (AvgIpc) is 3.09. The molecular weight excluding hydrogens is 392 g/mol. The van der Waals surface area contributed by atoms with Gasteiger partial charge in [-0.15, -0.1) is 0 Å². The van der Waals surface area contributed by atoms with Crippen LogP contribution >= 0.6 is 11.3 Å². The van der Waals surface area contributed by atoms with Gasteiger partial charge in [-0.3, -0.25) is 4.79 Å². The molecule has 1 aromatic heterocycles. The van der Waals surface area contributed by atoms with Crippen molar-refractivity contribution in [2.24, 2.45) is 4.99 Å². The van der Waals surface area contributed by atoms with Gasteiger partial charge in [-0.2, -0.15) is 4.99 Å². The molecule has 1 heterocycles. The smallest absolute Gasteiger partial charge is 0.337 e. The zero-order valence-corrected chi connectivity index (χ0v) is 17.3. The minimum absolute atomic E-state index is 0.349. The fourth-order valence-electron chi connectivity index (χ4n) is 2.80. The molecule has 0 unspecified atom stereocenters. The van der Waals surface area contributed by atoms with E-state index in [4.69, 9.17) is 14.2 Å². The van der Waals surface area contributed by atoms with E-state index in [1.807, 2.05) is 17.6 Å². The fourth-order valence-corrected chi connectivity index (χ4v) is 3.90. The molecule has 0 aliphatic rings. The van der Waals surface area contributed by atoms with Gasteiger partial charge in [-0.25, -0.2) is 4.79 Å². The van der Waals surface area contributed by atoms with Gasteiger partial charge in [0.1, 0.15) is 5.75 Å². The van der Waals surface area contributed by atoms with Crippen molar-refractivity contribution in [1.82, 2.24) is 4.57 Å². The van der Waals surface area contributed by atoms with Crippen molar-refractivity contribution >= 4 is 33.4 Å². The Balaban J connectivity index is 2.05. The molecule has 0 bridgehead atoms. The molecule has 0 saturated carbocycles. The number of hydrogen-bond donors (Lipinski definition) is 0. The molecule has 0 spiro atoms. The fraction of sp³-hybridized carbons (Fsp3) is 0.286. The minimum atomic E-state index is -0.408. The number of ether oxygens (including phenoxy) is 3. The zero-order valence-electron chi connectivity index (χ0n) is 16.5. The molecule has 1 amide bonds. The number of nitrogens with zero attached hydrogens (tertiary/aromatic N) is 2.